The first-order valence-electron chi connectivity index (χ1n) is 10.6. The molecule has 0 aliphatic carbocycles. The average Bonchev–Trinajstić information content (AvgIpc) is 3.27. The molecular weight excluding hydrogens is 440 g/mol. The standard InChI is InChI=1S/C25H25ClN4O3/c1-32-19-10-8-17(9-11-19)12-13-27-23-20-15-29-30(16-22(26)18-6-4-3-5-7-18)24(20)28-14-21(23)25(31)33-2/h3-11,14-15,22H,12-13,16H2,1-2H3,(H,27,28)/t22-/m1/s1. The van der Waals surface area contributed by atoms with Crippen LogP contribution in [0.15, 0.2) is 67.0 Å². The normalized spacial score (nSPS) is 11.8. The Hall–Kier alpha value is -3.58. The second-order valence-corrected chi connectivity index (χ2v) is 8.03. The van der Waals surface area contributed by atoms with Crippen molar-refractivity contribution in [1.29, 1.82) is 0 Å². The van der Waals surface area contributed by atoms with Crippen molar-refractivity contribution < 1.29 is 14.3 Å². The highest BCUT2D eigenvalue weighted by atomic mass is 35.5. The van der Waals surface area contributed by atoms with Gasteiger partial charge in [0.05, 0.1) is 43.4 Å². The third-order valence-corrected chi connectivity index (χ3v) is 5.83. The van der Waals surface area contributed by atoms with Gasteiger partial charge in [-0.05, 0) is 29.7 Å². The summed E-state index contributed by atoms with van der Waals surface area (Å²) < 4.78 is 11.9. The Morgan fingerprint density at radius 3 is 2.55 bits per heavy atom. The minimum absolute atomic E-state index is 0.261. The Kier molecular flexibility index (Phi) is 7.10. The van der Waals surface area contributed by atoms with Crippen LogP contribution in [-0.4, -0.2) is 41.5 Å². The molecule has 2 aromatic heterocycles. The lowest BCUT2D eigenvalue weighted by molar-refractivity contribution is 0.0601. The molecule has 7 nitrogen and oxygen atoms in total. The van der Waals surface area contributed by atoms with E-state index < -0.39 is 5.97 Å². The van der Waals surface area contributed by atoms with E-state index in [0.29, 0.717) is 30.0 Å². The summed E-state index contributed by atoms with van der Waals surface area (Å²) in [5, 5.41) is 8.36. The van der Waals surface area contributed by atoms with Crippen LogP contribution in [0.1, 0.15) is 26.9 Å². The summed E-state index contributed by atoms with van der Waals surface area (Å²) in [7, 11) is 3.00. The number of hydrogen-bond donors (Lipinski definition) is 1. The number of carbonyl (C=O) groups excluding carboxylic acids is 1. The molecule has 170 valence electrons. The second kappa shape index (κ2) is 10.4. The fraction of sp³-hybridized carbons (Fsp3) is 0.240. The zero-order valence-corrected chi connectivity index (χ0v) is 19.2. The molecule has 8 heteroatoms. The van der Waals surface area contributed by atoms with Crippen LogP contribution in [-0.2, 0) is 17.7 Å². The van der Waals surface area contributed by atoms with Crippen LogP contribution in [0.2, 0.25) is 0 Å². The van der Waals surface area contributed by atoms with Crippen LogP contribution >= 0.6 is 11.6 Å². The maximum absolute atomic E-state index is 12.4. The van der Waals surface area contributed by atoms with Gasteiger partial charge in [-0.3, -0.25) is 0 Å². The molecule has 0 amide bonds. The van der Waals surface area contributed by atoms with E-state index in [1.165, 1.54) is 13.3 Å². The molecule has 2 heterocycles. The van der Waals surface area contributed by atoms with Crippen LogP contribution in [0, 0.1) is 0 Å². The highest BCUT2D eigenvalue weighted by Crippen LogP contribution is 2.29. The van der Waals surface area contributed by atoms with Gasteiger partial charge in [0.25, 0.3) is 0 Å². The largest absolute Gasteiger partial charge is 0.497 e. The molecule has 0 bridgehead atoms. The van der Waals surface area contributed by atoms with Crippen molar-refractivity contribution >= 4 is 34.3 Å². The van der Waals surface area contributed by atoms with E-state index in [1.807, 2.05) is 54.6 Å². The van der Waals surface area contributed by atoms with Gasteiger partial charge in [-0.1, -0.05) is 42.5 Å². The van der Waals surface area contributed by atoms with Crippen LogP contribution in [0.3, 0.4) is 0 Å². The zero-order chi connectivity index (χ0) is 23.2. The van der Waals surface area contributed by atoms with E-state index >= 15 is 0 Å². The smallest absolute Gasteiger partial charge is 0.341 e. The number of anilines is 1. The van der Waals surface area contributed by atoms with Gasteiger partial charge in [-0.2, -0.15) is 5.10 Å². The predicted octanol–water partition coefficient (Wildman–Crippen LogP) is 4.86. The molecule has 33 heavy (non-hydrogen) atoms. The third kappa shape index (κ3) is 5.09. The molecular formula is C25H25ClN4O3. The number of nitrogens with one attached hydrogen (secondary N) is 1. The van der Waals surface area contributed by atoms with Crippen molar-refractivity contribution in [3.8, 4) is 5.75 Å². The number of fused-ring (bicyclic) bond motifs is 1. The number of nitrogens with zero attached hydrogens (tertiary/aromatic N) is 3. The van der Waals surface area contributed by atoms with Gasteiger partial charge in [-0.25, -0.2) is 14.5 Å². The molecule has 0 radical (unpaired) electrons. The minimum atomic E-state index is -0.455. The first kappa shape index (κ1) is 22.6. The number of esters is 1. The summed E-state index contributed by atoms with van der Waals surface area (Å²) in [5.74, 6) is 0.361. The maximum Gasteiger partial charge on any atom is 0.341 e. The summed E-state index contributed by atoms with van der Waals surface area (Å²) >= 11 is 6.63. The van der Waals surface area contributed by atoms with E-state index in [1.54, 1.807) is 18.0 Å². The summed E-state index contributed by atoms with van der Waals surface area (Å²) in [4.78, 5) is 16.9. The number of rotatable bonds is 9. The molecule has 0 spiro atoms. The lowest BCUT2D eigenvalue weighted by atomic mass is 10.1. The van der Waals surface area contributed by atoms with Gasteiger partial charge in [0.2, 0.25) is 0 Å². The molecule has 1 atom stereocenters. The van der Waals surface area contributed by atoms with Crippen molar-refractivity contribution in [2.45, 2.75) is 18.3 Å². The molecule has 1 N–H and O–H groups in total. The summed E-state index contributed by atoms with van der Waals surface area (Å²) in [5.41, 5.74) is 3.82. The van der Waals surface area contributed by atoms with Crippen molar-refractivity contribution in [3.63, 3.8) is 0 Å². The van der Waals surface area contributed by atoms with E-state index in [2.05, 4.69) is 15.4 Å². The highest BCUT2D eigenvalue weighted by Gasteiger charge is 2.20. The first-order chi connectivity index (χ1) is 16.1. The quantitative estimate of drug-likeness (QED) is 0.281. The number of ether oxygens (including phenoxy) is 2. The van der Waals surface area contributed by atoms with E-state index in [-0.39, 0.29) is 5.38 Å². The number of alkyl halides is 1. The van der Waals surface area contributed by atoms with Crippen LogP contribution in [0.5, 0.6) is 5.75 Å². The molecule has 0 saturated heterocycles. The summed E-state index contributed by atoms with van der Waals surface area (Å²) in [6.07, 6.45) is 3.99. The fourth-order valence-corrected chi connectivity index (χ4v) is 3.93. The number of hydrogen-bond acceptors (Lipinski definition) is 6. The number of aromatic nitrogens is 3. The van der Waals surface area contributed by atoms with Gasteiger partial charge in [-0.15, -0.1) is 11.6 Å². The second-order valence-electron chi connectivity index (χ2n) is 7.51. The molecule has 2 aromatic carbocycles. The average molecular weight is 465 g/mol. The topological polar surface area (TPSA) is 78.3 Å². The van der Waals surface area contributed by atoms with Crippen LogP contribution in [0.4, 0.5) is 5.69 Å². The fourth-order valence-electron chi connectivity index (χ4n) is 3.66. The Labute approximate surface area is 197 Å². The monoisotopic (exact) mass is 464 g/mol. The molecule has 0 unspecified atom stereocenters. The number of carbonyl (C=O) groups is 1. The lowest BCUT2D eigenvalue weighted by Gasteiger charge is -2.13. The Morgan fingerprint density at radius 2 is 1.85 bits per heavy atom. The number of halogens is 1. The molecule has 0 saturated carbocycles. The van der Waals surface area contributed by atoms with Gasteiger partial charge < -0.3 is 14.8 Å². The minimum Gasteiger partial charge on any atom is -0.497 e. The van der Waals surface area contributed by atoms with Crippen molar-refractivity contribution in [3.05, 3.63) is 83.7 Å². The van der Waals surface area contributed by atoms with E-state index in [4.69, 9.17) is 21.1 Å². The van der Waals surface area contributed by atoms with Crippen molar-refractivity contribution in [2.24, 2.45) is 0 Å². The Bertz CT molecular complexity index is 1230. The predicted molar refractivity (Wildman–Crippen MR) is 129 cm³/mol. The number of benzene rings is 2. The highest BCUT2D eigenvalue weighted by molar-refractivity contribution is 6.20. The molecule has 4 rings (SSSR count). The molecule has 0 fully saturated rings. The number of methoxy groups -OCH3 is 2. The van der Waals surface area contributed by atoms with Gasteiger partial charge in [0.1, 0.15) is 11.3 Å². The third-order valence-electron chi connectivity index (χ3n) is 5.44. The van der Waals surface area contributed by atoms with Crippen LogP contribution in [0.25, 0.3) is 11.0 Å². The Balaban J connectivity index is 1.58. The van der Waals surface area contributed by atoms with Gasteiger partial charge >= 0.3 is 5.97 Å². The van der Waals surface area contributed by atoms with E-state index in [9.17, 15) is 4.79 Å². The van der Waals surface area contributed by atoms with Gasteiger partial charge in [0, 0.05) is 12.7 Å². The molecule has 0 aliphatic rings. The van der Waals surface area contributed by atoms with Crippen molar-refractivity contribution in [1.82, 2.24) is 14.8 Å². The molecule has 4 aromatic rings. The van der Waals surface area contributed by atoms with Crippen LogP contribution < -0.4 is 10.1 Å². The van der Waals surface area contributed by atoms with Gasteiger partial charge in [0.15, 0.2) is 5.65 Å². The summed E-state index contributed by atoms with van der Waals surface area (Å²) in [6, 6.07) is 17.7. The van der Waals surface area contributed by atoms with Crippen molar-refractivity contribution in [2.75, 3.05) is 26.1 Å². The zero-order valence-electron chi connectivity index (χ0n) is 18.5. The maximum atomic E-state index is 12.4. The number of pyridine rings is 1. The SMILES string of the molecule is COC(=O)c1cnc2c(cnn2C[C@@H](Cl)c2ccccc2)c1NCCc1ccc(OC)cc1. The van der Waals surface area contributed by atoms with E-state index in [0.717, 1.165) is 28.7 Å². The first-order valence-corrected chi connectivity index (χ1v) is 11.0. The Morgan fingerprint density at radius 1 is 1.09 bits per heavy atom. The molecule has 0 aliphatic heterocycles. The lowest BCUT2D eigenvalue weighted by Crippen LogP contribution is -2.12. The summed E-state index contributed by atoms with van der Waals surface area (Å²) in [6.45, 7) is 1.06.